The Morgan fingerprint density at radius 1 is 1.10 bits per heavy atom. The molecule has 5 N–H and O–H groups in total. The molecule has 1 aliphatic carbocycles. The van der Waals surface area contributed by atoms with Gasteiger partial charge in [-0.15, -0.1) is 22.9 Å². The van der Waals surface area contributed by atoms with Gasteiger partial charge >= 0.3 is 0 Å². The van der Waals surface area contributed by atoms with Crippen LogP contribution in [0.2, 0.25) is 10.0 Å². The van der Waals surface area contributed by atoms with Crippen LogP contribution in [-0.2, 0) is 22.4 Å². The van der Waals surface area contributed by atoms with Crippen molar-refractivity contribution < 1.29 is 24.9 Å². The lowest BCUT2D eigenvalue weighted by atomic mass is 9.85. The minimum absolute atomic E-state index is 0.0310. The summed E-state index contributed by atoms with van der Waals surface area (Å²) in [5.74, 6) is 0.329. The zero-order valence-electron chi connectivity index (χ0n) is 22.0. The molecule has 0 aliphatic heterocycles. The molecule has 1 heterocycles. The standard InChI is InChI=1S/C29H38Cl3NO5S/c1-18(38-17-29(15-34,16-35)10-9-28(33)37)27-8-6-22(39-27)3-2-4-23-24(26(36)14-25(23)32)7-5-19-11-20(30)13-21(31)12-19/h6,8,11-13,23-26,34-36H,1-5,7,9-10,14-17H2,(H2,33,37)/t23-,24-,25-,26-/m1/s1. The van der Waals surface area contributed by atoms with Crippen LogP contribution in [0.1, 0.15) is 53.8 Å². The number of halogens is 3. The zero-order valence-corrected chi connectivity index (χ0v) is 25.0. The van der Waals surface area contributed by atoms with E-state index >= 15 is 0 Å². The molecule has 0 radical (unpaired) electrons. The summed E-state index contributed by atoms with van der Waals surface area (Å²) in [6.07, 6.45) is 4.83. The molecule has 1 fully saturated rings. The summed E-state index contributed by atoms with van der Waals surface area (Å²) < 4.78 is 5.81. The van der Waals surface area contributed by atoms with E-state index in [0.717, 1.165) is 42.5 Å². The summed E-state index contributed by atoms with van der Waals surface area (Å²) in [5, 5.41) is 31.4. The predicted octanol–water partition coefficient (Wildman–Crippen LogP) is 5.84. The van der Waals surface area contributed by atoms with Gasteiger partial charge in [0.15, 0.2) is 0 Å². The number of thiophene rings is 1. The van der Waals surface area contributed by atoms with Gasteiger partial charge in [0.05, 0.1) is 36.2 Å². The molecule has 0 saturated heterocycles. The highest BCUT2D eigenvalue weighted by atomic mass is 35.5. The van der Waals surface area contributed by atoms with E-state index in [1.54, 1.807) is 17.4 Å². The number of rotatable bonds is 16. The minimum atomic E-state index is -0.961. The number of nitrogens with two attached hydrogens (primary N) is 1. The number of hydrogen-bond donors (Lipinski definition) is 4. The number of alkyl halides is 1. The number of ether oxygens (including phenoxy) is 1. The zero-order chi connectivity index (χ0) is 28.6. The summed E-state index contributed by atoms with van der Waals surface area (Å²) in [4.78, 5) is 13.2. The quantitative estimate of drug-likeness (QED) is 0.140. The van der Waals surface area contributed by atoms with E-state index in [-0.39, 0.29) is 49.9 Å². The monoisotopic (exact) mass is 617 g/mol. The lowest BCUT2D eigenvalue weighted by molar-refractivity contribution is -0.119. The number of aliphatic hydroxyl groups is 3. The molecule has 216 valence electrons. The number of aliphatic hydroxyl groups excluding tert-OH is 3. The molecule has 0 unspecified atom stereocenters. The summed E-state index contributed by atoms with van der Waals surface area (Å²) in [6, 6.07) is 9.56. The van der Waals surface area contributed by atoms with Gasteiger partial charge in [-0.1, -0.05) is 29.8 Å². The average Bonchev–Trinajstić information content (AvgIpc) is 3.46. The molecule has 1 aromatic heterocycles. The van der Waals surface area contributed by atoms with Gasteiger partial charge in [0, 0.05) is 26.7 Å². The van der Waals surface area contributed by atoms with Crippen molar-refractivity contribution >= 4 is 57.8 Å². The first-order chi connectivity index (χ1) is 18.6. The van der Waals surface area contributed by atoms with E-state index in [1.165, 1.54) is 4.88 Å². The van der Waals surface area contributed by atoms with Crippen LogP contribution in [0.15, 0.2) is 36.9 Å². The third-order valence-electron chi connectivity index (χ3n) is 7.69. The molecule has 4 atom stereocenters. The fourth-order valence-corrected chi connectivity index (χ4v) is 7.31. The Bertz CT molecular complexity index is 1090. The van der Waals surface area contributed by atoms with E-state index in [4.69, 9.17) is 45.3 Å². The van der Waals surface area contributed by atoms with Gasteiger partial charge in [0.1, 0.15) is 5.76 Å². The molecule has 0 spiro atoms. The highest BCUT2D eigenvalue weighted by Crippen LogP contribution is 2.42. The SMILES string of the molecule is C=C(OCC(CO)(CO)CCC(N)=O)c1ccc(CCC[C@@H]2[C@@H](CCc3cc(Cl)cc(Cl)c3)[C@H](O)C[C@H]2Cl)s1. The molecule has 0 bridgehead atoms. The number of benzene rings is 1. The molecule has 10 heteroatoms. The van der Waals surface area contributed by atoms with Crippen molar-refractivity contribution in [1.29, 1.82) is 0 Å². The molecule has 6 nitrogen and oxygen atoms in total. The van der Waals surface area contributed by atoms with Crippen LogP contribution in [0.5, 0.6) is 0 Å². The first kappa shape index (κ1) is 32.2. The number of carbonyl (C=O) groups excluding carboxylic acids is 1. The normalized spacial score (nSPS) is 21.3. The molecular weight excluding hydrogens is 581 g/mol. The highest BCUT2D eigenvalue weighted by molar-refractivity contribution is 7.13. The fraction of sp³-hybridized carbons (Fsp3) is 0.552. The maximum atomic E-state index is 11.1. The van der Waals surface area contributed by atoms with E-state index in [2.05, 4.69) is 12.6 Å². The molecule has 1 aromatic carbocycles. The summed E-state index contributed by atoms with van der Waals surface area (Å²) >= 11 is 20.6. The van der Waals surface area contributed by atoms with Crippen molar-refractivity contribution in [2.24, 2.45) is 23.0 Å². The number of carbonyl (C=O) groups is 1. The van der Waals surface area contributed by atoms with Crippen LogP contribution in [0.3, 0.4) is 0 Å². The molecule has 1 amide bonds. The fourth-order valence-electron chi connectivity index (χ4n) is 5.27. The van der Waals surface area contributed by atoms with Crippen LogP contribution in [0, 0.1) is 17.3 Å². The third-order valence-corrected chi connectivity index (χ3v) is 9.81. The van der Waals surface area contributed by atoms with Crippen molar-refractivity contribution in [2.45, 2.75) is 62.8 Å². The lowest BCUT2D eigenvalue weighted by Crippen LogP contribution is -2.36. The maximum absolute atomic E-state index is 11.1. The highest BCUT2D eigenvalue weighted by Gasteiger charge is 2.40. The third kappa shape index (κ3) is 9.35. The first-order valence-corrected chi connectivity index (χ1v) is 15.2. The minimum Gasteiger partial charge on any atom is -0.492 e. The second-order valence-corrected chi connectivity index (χ2v) is 13.2. The Morgan fingerprint density at radius 2 is 1.79 bits per heavy atom. The smallest absolute Gasteiger partial charge is 0.217 e. The number of amides is 1. The van der Waals surface area contributed by atoms with Crippen LogP contribution >= 0.6 is 46.1 Å². The molecule has 3 rings (SSSR count). The van der Waals surface area contributed by atoms with Crippen molar-refractivity contribution in [1.82, 2.24) is 0 Å². The number of hydrogen-bond acceptors (Lipinski definition) is 6. The molecule has 1 saturated carbocycles. The summed E-state index contributed by atoms with van der Waals surface area (Å²) in [6.45, 7) is 3.38. The molecule has 2 aromatic rings. The molecule has 1 aliphatic rings. The van der Waals surface area contributed by atoms with Crippen molar-refractivity contribution in [2.75, 3.05) is 19.8 Å². The van der Waals surface area contributed by atoms with E-state index in [0.29, 0.717) is 22.2 Å². The summed E-state index contributed by atoms with van der Waals surface area (Å²) in [5.41, 5.74) is 5.32. The van der Waals surface area contributed by atoms with Gasteiger partial charge in [-0.25, -0.2) is 0 Å². The Balaban J connectivity index is 1.50. The average molecular weight is 619 g/mol. The first-order valence-electron chi connectivity index (χ1n) is 13.2. The van der Waals surface area contributed by atoms with Crippen LogP contribution in [-0.4, -0.2) is 52.5 Å². The Morgan fingerprint density at radius 3 is 2.44 bits per heavy atom. The number of primary amides is 1. The molecular formula is C29H38Cl3NO5S. The van der Waals surface area contributed by atoms with E-state index < -0.39 is 17.4 Å². The Hall–Kier alpha value is -1.32. The predicted molar refractivity (Wildman–Crippen MR) is 159 cm³/mol. The molecule has 39 heavy (non-hydrogen) atoms. The maximum Gasteiger partial charge on any atom is 0.217 e. The van der Waals surface area contributed by atoms with E-state index in [1.807, 2.05) is 18.2 Å². The Labute approximate surface area is 249 Å². The second-order valence-electron chi connectivity index (χ2n) is 10.6. The number of aryl methyl sites for hydroxylation is 2. The van der Waals surface area contributed by atoms with Crippen LogP contribution in [0.25, 0.3) is 5.76 Å². The van der Waals surface area contributed by atoms with Gasteiger partial charge in [-0.3, -0.25) is 4.79 Å². The van der Waals surface area contributed by atoms with E-state index in [9.17, 15) is 20.1 Å². The van der Waals surface area contributed by atoms with Crippen LogP contribution < -0.4 is 5.73 Å². The van der Waals surface area contributed by atoms with Gasteiger partial charge < -0.3 is 25.8 Å². The van der Waals surface area contributed by atoms with Gasteiger partial charge in [0.2, 0.25) is 5.91 Å². The topological polar surface area (TPSA) is 113 Å². The van der Waals surface area contributed by atoms with Gasteiger partial charge in [-0.05, 0) is 92.7 Å². The van der Waals surface area contributed by atoms with Crippen molar-refractivity contribution in [3.8, 4) is 0 Å². The lowest BCUT2D eigenvalue weighted by Gasteiger charge is -2.29. The van der Waals surface area contributed by atoms with Crippen molar-refractivity contribution in [3.63, 3.8) is 0 Å². The Kier molecular flexibility index (Phi) is 12.4. The second kappa shape index (κ2) is 15.1. The largest absolute Gasteiger partial charge is 0.492 e. The van der Waals surface area contributed by atoms with Crippen molar-refractivity contribution in [3.05, 3.63) is 62.3 Å². The summed E-state index contributed by atoms with van der Waals surface area (Å²) in [7, 11) is 0. The van der Waals surface area contributed by atoms with Gasteiger partial charge in [0.25, 0.3) is 0 Å². The van der Waals surface area contributed by atoms with Gasteiger partial charge in [-0.2, -0.15) is 0 Å². The van der Waals surface area contributed by atoms with Crippen LogP contribution in [0.4, 0.5) is 0 Å².